The normalized spacial score (nSPS) is 22.1. The van der Waals surface area contributed by atoms with E-state index in [1.807, 2.05) is 0 Å². The number of aliphatic hydroxyl groups excluding tert-OH is 1. The third-order valence-corrected chi connectivity index (χ3v) is 4.58. The van der Waals surface area contributed by atoms with Crippen LogP contribution in [0.2, 0.25) is 0 Å². The Kier molecular flexibility index (Phi) is 4.05. The van der Waals surface area contributed by atoms with Gasteiger partial charge in [0.1, 0.15) is 19.0 Å². The Morgan fingerprint density at radius 3 is 2.56 bits per heavy atom. The molecule has 2 aliphatic rings. The molecule has 1 amide bonds. The number of aliphatic hydroxyl groups is 1. The molecule has 2 heterocycles. The van der Waals surface area contributed by atoms with Crippen LogP contribution in [0.15, 0.2) is 42.5 Å². The molecule has 4 rings (SSSR count). The predicted molar refractivity (Wildman–Crippen MR) is 88.2 cm³/mol. The molecule has 2 aliphatic heterocycles. The van der Waals surface area contributed by atoms with Gasteiger partial charge < -0.3 is 19.5 Å². The maximum Gasteiger partial charge on any atom is 0.254 e. The van der Waals surface area contributed by atoms with Gasteiger partial charge in [0, 0.05) is 12.1 Å². The fourth-order valence-electron chi connectivity index (χ4n) is 3.38. The molecule has 0 saturated carbocycles. The van der Waals surface area contributed by atoms with E-state index in [0.717, 1.165) is 5.56 Å². The summed E-state index contributed by atoms with van der Waals surface area (Å²) in [5.74, 6) is 0.657. The Labute approximate surface area is 144 Å². The first kappa shape index (κ1) is 15.9. The van der Waals surface area contributed by atoms with Crippen LogP contribution in [-0.2, 0) is 0 Å². The second kappa shape index (κ2) is 6.37. The third kappa shape index (κ3) is 3.05. The van der Waals surface area contributed by atoms with E-state index in [9.17, 15) is 14.3 Å². The first-order valence-corrected chi connectivity index (χ1v) is 8.26. The topological polar surface area (TPSA) is 59.0 Å². The van der Waals surface area contributed by atoms with Crippen molar-refractivity contribution in [2.75, 3.05) is 19.8 Å². The van der Waals surface area contributed by atoms with Gasteiger partial charge in [-0.15, -0.1) is 0 Å². The summed E-state index contributed by atoms with van der Waals surface area (Å²) >= 11 is 0. The van der Waals surface area contributed by atoms with Gasteiger partial charge in [-0.2, -0.15) is 0 Å². The zero-order valence-corrected chi connectivity index (χ0v) is 13.5. The Bertz CT molecular complexity index is 793. The van der Waals surface area contributed by atoms with Gasteiger partial charge in [-0.25, -0.2) is 4.39 Å². The van der Waals surface area contributed by atoms with Crippen LogP contribution in [0.1, 0.15) is 28.4 Å². The van der Waals surface area contributed by atoms with Gasteiger partial charge in [-0.3, -0.25) is 4.79 Å². The van der Waals surface area contributed by atoms with Crippen molar-refractivity contribution < 1.29 is 23.8 Å². The Morgan fingerprint density at radius 1 is 1.08 bits per heavy atom. The summed E-state index contributed by atoms with van der Waals surface area (Å²) in [7, 11) is 0. The SMILES string of the molecule is O=C(c1ccc2c(c1)OCCO2)N1C[C@@H](O)C[C@H]1c1ccc(F)cc1. The highest BCUT2D eigenvalue weighted by atomic mass is 19.1. The quantitative estimate of drug-likeness (QED) is 0.910. The number of rotatable bonds is 2. The zero-order valence-electron chi connectivity index (χ0n) is 13.5. The van der Waals surface area contributed by atoms with E-state index in [0.29, 0.717) is 36.7 Å². The van der Waals surface area contributed by atoms with Crippen molar-refractivity contribution >= 4 is 5.91 Å². The second-order valence-corrected chi connectivity index (χ2v) is 6.27. The first-order chi connectivity index (χ1) is 12.1. The molecule has 0 aromatic heterocycles. The molecular formula is C19H18FNO4. The molecule has 1 fully saturated rings. The number of hydrogen-bond donors (Lipinski definition) is 1. The molecule has 1 saturated heterocycles. The van der Waals surface area contributed by atoms with Gasteiger partial charge in [0.2, 0.25) is 0 Å². The highest BCUT2D eigenvalue weighted by Crippen LogP contribution is 2.36. The highest BCUT2D eigenvalue weighted by Gasteiger charge is 2.36. The van der Waals surface area contributed by atoms with E-state index in [1.165, 1.54) is 12.1 Å². The monoisotopic (exact) mass is 343 g/mol. The lowest BCUT2D eigenvalue weighted by molar-refractivity contribution is 0.0714. The summed E-state index contributed by atoms with van der Waals surface area (Å²) in [5.41, 5.74) is 1.29. The lowest BCUT2D eigenvalue weighted by Crippen LogP contribution is -2.32. The van der Waals surface area contributed by atoms with Crippen molar-refractivity contribution in [3.8, 4) is 11.5 Å². The molecule has 6 heteroatoms. The number of ether oxygens (including phenoxy) is 2. The number of amides is 1. The number of carbonyl (C=O) groups is 1. The molecule has 0 unspecified atom stereocenters. The van der Waals surface area contributed by atoms with Crippen molar-refractivity contribution in [2.45, 2.75) is 18.6 Å². The van der Waals surface area contributed by atoms with Gasteiger partial charge >= 0.3 is 0 Å². The fraction of sp³-hybridized carbons (Fsp3) is 0.316. The first-order valence-electron chi connectivity index (χ1n) is 8.26. The molecule has 1 N–H and O–H groups in total. The number of β-amino-alcohol motifs (C(OH)–C–C–N with tert-alkyl or cyclic N) is 1. The largest absolute Gasteiger partial charge is 0.486 e. The van der Waals surface area contributed by atoms with Crippen molar-refractivity contribution in [2.24, 2.45) is 0 Å². The van der Waals surface area contributed by atoms with Crippen LogP contribution in [0, 0.1) is 5.82 Å². The number of hydrogen-bond acceptors (Lipinski definition) is 4. The number of fused-ring (bicyclic) bond motifs is 1. The molecular weight excluding hydrogens is 325 g/mol. The number of nitrogens with zero attached hydrogens (tertiary/aromatic N) is 1. The van der Waals surface area contributed by atoms with Crippen molar-refractivity contribution in [3.05, 3.63) is 59.4 Å². The summed E-state index contributed by atoms with van der Waals surface area (Å²) in [5, 5.41) is 10.1. The smallest absolute Gasteiger partial charge is 0.254 e. The Balaban J connectivity index is 1.62. The highest BCUT2D eigenvalue weighted by molar-refractivity contribution is 5.95. The maximum absolute atomic E-state index is 13.2. The summed E-state index contributed by atoms with van der Waals surface area (Å²) in [4.78, 5) is 14.6. The van der Waals surface area contributed by atoms with E-state index >= 15 is 0 Å². The molecule has 2 aromatic carbocycles. The predicted octanol–water partition coefficient (Wildman–Crippen LogP) is 2.55. The van der Waals surface area contributed by atoms with Gasteiger partial charge in [0.05, 0.1) is 12.1 Å². The number of halogens is 1. The lowest BCUT2D eigenvalue weighted by atomic mass is 10.0. The van der Waals surface area contributed by atoms with Gasteiger partial charge in [-0.05, 0) is 42.3 Å². The molecule has 0 radical (unpaired) electrons. The fourth-order valence-corrected chi connectivity index (χ4v) is 3.38. The summed E-state index contributed by atoms with van der Waals surface area (Å²) in [6.45, 7) is 1.19. The summed E-state index contributed by atoms with van der Waals surface area (Å²) in [6.07, 6.45) is -0.168. The standard InChI is InChI=1S/C19H18FNO4/c20-14-4-1-12(2-5-14)16-10-15(22)11-21(16)19(23)13-3-6-17-18(9-13)25-8-7-24-17/h1-6,9,15-16,22H,7-8,10-11H2/t15-,16-/m0/s1. The lowest BCUT2D eigenvalue weighted by Gasteiger charge is -2.26. The van der Waals surface area contributed by atoms with Crippen LogP contribution in [0.3, 0.4) is 0 Å². The van der Waals surface area contributed by atoms with Crippen LogP contribution in [0.25, 0.3) is 0 Å². The molecule has 25 heavy (non-hydrogen) atoms. The van der Waals surface area contributed by atoms with Crippen LogP contribution in [0.4, 0.5) is 4.39 Å². The van der Waals surface area contributed by atoms with Crippen LogP contribution in [0.5, 0.6) is 11.5 Å². The van der Waals surface area contributed by atoms with Crippen molar-refractivity contribution in [3.63, 3.8) is 0 Å². The maximum atomic E-state index is 13.2. The average Bonchev–Trinajstić information content (AvgIpc) is 3.03. The molecule has 130 valence electrons. The molecule has 0 spiro atoms. The molecule has 0 aliphatic carbocycles. The van der Waals surface area contributed by atoms with Crippen LogP contribution < -0.4 is 9.47 Å². The third-order valence-electron chi connectivity index (χ3n) is 4.58. The molecule has 0 bridgehead atoms. The Morgan fingerprint density at radius 2 is 1.80 bits per heavy atom. The zero-order chi connectivity index (χ0) is 17.4. The molecule has 2 atom stereocenters. The number of likely N-dealkylation sites (tertiary alicyclic amines) is 1. The van der Waals surface area contributed by atoms with E-state index in [2.05, 4.69) is 0 Å². The number of carbonyl (C=O) groups excluding carboxylic acids is 1. The average molecular weight is 343 g/mol. The van der Waals surface area contributed by atoms with E-state index in [1.54, 1.807) is 35.2 Å². The number of benzene rings is 2. The van der Waals surface area contributed by atoms with Gasteiger partial charge in [-0.1, -0.05) is 12.1 Å². The second-order valence-electron chi connectivity index (χ2n) is 6.27. The van der Waals surface area contributed by atoms with Gasteiger partial charge in [0.15, 0.2) is 11.5 Å². The molecule has 5 nitrogen and oxygen atoms in total. The minimum atomic E-state index is -0.601. The molecule has 2 aromatic rings. The van der Waals surface area contributed by atoms with Crippen LogP contribution >= 0.6 is 0 Å². The van der Waals surface area contributed by atoms with Crippen molar-refractivity contribution in [1.82, 2.24) is 4.90 Å². The Hall–Kier alpha value is -2.60. The minimum absolute atomic E-state index is 0.192. The summed E-state index contributed by atoms with van der Waals surface area (Å²) < 4.78 is 24.2. The minimum Gasteiger partial charge on any atom is -0.486 e. The van der Waals surface area contributed by atoms with E-state index < -0.39 is 6.10 Å². The van der Waals surface area contributed by atoms with Crippen molar-refractivity contribution in [1.29, 1.82) is 0 Å². The van der Waals surface area contributed by atoms with Crippen LogP contribution in [-0.4, -0.2) is 41.8 Å². The van der Waals surface area contributed by atoms with Gasteiger partial charge in [0.25, 0.3) is 5.91 Å². The summed E-state index contributed by atoms with van der Waals surface area (Å²) in [6, 6.07) is 10.9. The van der Waals surface area contributed by atoms with E-state index in [-0.39, 0.29) is 24.3 Å². The van der Waals surface area contributed by atoms with E-state index in [4.69, 9.17) is 9.47 Å².